The quantitative estimate of drug-likeness (QED) is 0.656. The molecule has 2 aromatic carbocycles. The number of hydrogen-bond acceptors (Lipinski definition) is 5. The number of carbonyl (C=O) groups is 1. The molecule has 0 spiro atoms. The van der Waals surface area contributed by atoms with Gasteiger partial charge < -0.3 is 19.8 Å². The third-order valence-electron chi connectivity index (χ3n) is 4.54. The van der Waals surface area contributed by atoms with E-state index in [4.69, 9.17) is 9.47 Å². The van der Waals surface area contributed by atoms with E-state index in [0.717, 1.165) is 5.56 Å². The molecule has 2 N–H and O–H groups in total. The van der Waals surface area contributed by atoms with Gasteiger partial charge in [0.1, 0.15) is 5.82 Å². The molecule has 146 valence electrons. The lowest BCUT2D eigenvalue weighted by molar-refractivity contribution is -0.121. The van der Waals surface area contributed by atoms with E-state index in [1.807, 2.05) is 25.1 Å². The van der Waals surface area contributed by atoms with Gasteiger partial charge >= 0.3 is 0 Å². The number of ether oxygens (including phenoxy) is 2. The highest BCUT2D eigenvalue weighted by atomic mass is 16.5. The van der Waals surface area contributed by atoms with E-state index in [9.17, 15) is 9.59 Å². The summed E-state index contributed by atoms with van der Waals surface area (Å²) in [5.41, 5.74) is 1.34. The summed E-state index contributed by atoms with van der Waals surface area (Å²) in [7, 11) is 3.15. The number of H-pyrrole nitrogens is 1. The Morgan fingerprint density at radius 2 is 1.89 bits per heavy atom. The standard InChI is InChI=1S/C21H23N3O4/c1-13(14-8-9-17(27-2)18(12-14)28-3)22-20(25)11-10-19-23-16-7-5-4-6-15(16)21(26)24-19/h4-9,12-13H,10-11H2,1-3H3,(H,22,25)(H,23,24,26). The molecular formula is C21H23N3O4. The maximum Gasteiger partial charge on any atom is 0.258 e. The second-order valence-corrected chi connectivity index (χ2v) is 6.43. The van der Waals surface area contributed by atoms with Crippen molar-refractivity contribution in [3.63, 3.8) is 0 Å². The Morgan fingerprint density at radius 1 is 1.14 bits per heavy atom. The first-order valence-corrected chi connectivity index (χ1v) is 9.01. The van der Waals surface area contributed by atoms with Gasteiger partial charge in [-0.2, -0.15) is 0 Å². The number of aryl methyl sites for hydroxylation is 1. The third-order valence-corrected chi connectivity index (χ3v) is 4.54. The minimum atomic E-state index is -0.198. The molecule has 1 atom stereocenters. The number of aromatic amines is 1. The van der Waals surface area contributed by atoms with Crippen molar-refractivity contribution < 1.29 is 14.3 Å². The number of fused-ring (bicyclic) bond motifs is 1. The number of rotatable bonds is 7. The predicted octanol–water partition coefficient (Wildman–Crippen LogP) is 2.75. The van der Waals surface area contributed by atoms with Crippen LogP contribution in [-0.4, -0.2) is 30.1 Å². The van der Waals surface area contributed by atoms with Crippen LogP contribution < -0.4 is 20.3 Å². The molecule has 0 fully saturated rings. The lowest BCUT2D eigenvalue weighted by Crippen LogP contribution is -2.27. The molecule has 0 radical (unpaired) electrons. The Kier molecular flexibility index (Phi) is 5.93. The summed E-state index contributed by atoms with van der Waals surface area (Å²) in [4.78, 5) is 31.6. The molecule has 0 saturated heterocycles. The topological polar surface area (TPSA) is 93.3 Å². The zero-order valence-electron chi connectivity index (χ0n) is 16.1. The van der Waals surface area contributed by atoms with E-state index in [-0.39, 0.29) is 23.9 Å². The van der Waals surface area contributed by atoms with Crippen LogP contribution in [0.3, 0.4) is 0 Å². The van der Waals surface area contributed by atoms with Gasteiger partial charge in [0.15, 0.2) is 11.5 Å². The highest BCUT2D eigenvalue weighted by Crippen LogP contribution is 2.29. The molecule has 0 saturated carbocycles. The molecule has 1 heterocycles. The van der Waals surface area contributed by atoms with E-state index in [1.54, 1.807) is 38.5 Å². The van der Waals surface area contributed by atoms with Gasteiger partial charge in [0, 0.05) is 12.8 Å². The first-order valence-electron chi connectivity index (χ1n) is 9.01. The lowest BCUT2D eigenvalue weighted by atomic mass is 10.1. The van der Waals surface area contributed by atoms with E-state index in [1.165, 1.54) is 0 Å². The molecule has 1 aromatic heterocycles. The minimum Gasteiger partial charge on any atom is -0.493 e. The van der Waals surface area contributed by atoms with Crippen LogP contribution in [0.4, 0.5) is 0 Å². The van der Waals surface area contributed by atoms with Gasteiger partial charge in [-0.1, -0.05) is 18.2 Å². The van der Waals surface area contributed by atoms with Crippen LogP contribution in [0.2, 0.25) is 0 Å². The van der Waals surface area contributed by atoms with Crippen LogP contribution >= 0.6 is 0 Å². The van der Waals surface area contributed by atoms with Crippen LogP contribution in [0.5, 0.6) is 11.5 Å². The summed E-state index contributed by atoms with van der Waals surface area (Å²) in [5, 5.41) is 3.49. The third kappa shape index (κ3) is 4.31. The smallest absolute Gasteiger partial charge is 0.258 e. The lowest BCUT2D eigenvalue weighted by Gasteiger charge is -2.16. The fraction of sp³-hybridized carbons (Fsp3) is 0.286. The summed E-state index contributed by atoms with van der Waals surface area (Å²) < 4.78 is 10.5. The van der Waals surface area contributed by atoms with Crippen LogP contribution in [0.25, 0.3) is 10.9 Å². The molecule has 7 nitrogen and oxygen atoms in total. The fourth-order valence-corrected chi connectivity index (χ4v) is 3.00. The highest BCUT2D eigenvalue weighted by Gasteiger charge is 2.13. The molecule has 0 aliphatic carbocycles. The number of amides is 1. The number of methoxy groups -OCH3 is 2. The van der Waals surface area contributed by atoms with Crippen LogP contribution in [0, 0.1) is 0 Å². The van der Waals surface area contributed by atoms with Gasteiger partial charge in [-0.25, -0.2) is 4.98 Å². The monoisotopic (exact) mass is 381 g/mol. The molecular weight excluding hydrogens is 358 g/mol. The van der Waals surface area contributed by atoms with Gasteiger partial charge in [0.2, 0.25) is 5.91 Å². The minimum absolute atomic E-state index is 0.127. The summed E-state index contributed by atoms with van der Waals surface area (Å²) in [6, 6.07) is 12.5. The van der Waals surface area contributed by atoms with Gasteiger partial charge in [-0.3, -0.25) is 9.59 Å². The second-order valence-electron chi connectivity index (χ2n) is 6.43. The molecule has 0 aliphatic rings. The van der Waals surface area contributed by atoms with E-state index >= 15 is 0 Å². The molecule has 1 unspecified atom stereocenters. The Hall–Kier alpha value is -3.35. The second kappa shape index (κ2) is 8.56. The molecule has 0 aliphatic heterocycles. The number of para-hydroxylation sites is 1. The number of nitrogens with zero attached hydrogens (tertiary/aromatic N) is 1. The Morgan fingerprint density at radius 3 is 2.64 bits per heavy atom. The van der Waals surface area contributed by atoms with Gasteiger partial charge in [-0.05, 0) is 36.8 Å². The zero-order chi connectivity index (χ0) is 20.1. The zero-order valence-corrected chi connectivity index (χ0v) is 16.1. The SMILES string of the molecule is COc1ccc(C(C)NC(=O)CCc2nc3ccccc3c(=O)[nH]2)cc1OC. The molecule has 0 bridgehead atoms. The Balaban J connectivity index is 1.63. The summed E-state index contributed by atoms with van der Waals surface area (Å²) in [6.07, 6.45) is 0.573. The summed E-state index contributed by atoms with van der Waals surface area (Å²) >= 11 is 0. The van der Waals surface area contributed by atoms with Crippen molar-refractivity contribution in [2.75, 3.05) is 14.2 Å². The average Bonchev–Trinajstić information content (AvgIpc) is 2.71. The first-order chi connectivity index (χ1) is 13.5. The number of benzene rings is 2. The van der Waals surface area contributed by atoms with Crippen LogP contribution in [0.1, 0.15) is 30.8 Å². The number of nitrogens with one attached hydrogen (secondary N) is 2. The van der Waals surface area contributed by atoms with E-state index < -0.39 is 0 Å². The van der Waals surface area contributed by atoms with Crippen molar-refractivity contribution in [3.8, 4) is 11.5 Å². The number of aromatic nitrogens is 2. The Bertz CT molecular complexity index is 1050. The van der Waals surface area contributed by atoms with Gasteiger partial charge in [-0.15, -0.1) is 0 Å². The maximum atomic E-state index is 12.3. The largest absolute Gasteiger partial charge is 0.493 e. The molecule has 1 amide bonds. The summed E-state index contributed by atoms with van der Waals surface area (Å²) in [6.45, 7) is 1.90. The first kappa shape index (κ1) is 19.4. The van der Waals surface area contributed by atoms with Crippen molar-refractivity contribution in [1.82, 2.24) is 15.3 Å². The summed E-state index contributed by atoms with van der Waals surface area (Å²) in [5.74, 6) is 1.62. The van der Waals surface area contributed by atoms with E-state index in [0.29, 0.717) is 34.6 Å². The van der Waals surface area contributed by atoms with Crippen molar-refractivity contribution in [2.45, 2.75) is 25.8 Å². The normalized spacial score (nSPS) is 11.8. The van der Waals surface area contributed by atoms with Crippen molar-refractivity contribution in [2.24, 2.45) is 0 Å². The molecule has 3 rings (SSSR count). The van der Waals surface area contributed by atoms with Crippen LogP contribution in [0.15, 0.2) is 47.3 Å². The molecule has 7 heteroatoms. The number of hydrogen-bond donors (Lipinski definition) is 2. The van der Waals surface area contributed by atoms with Crippen molar-refractivity contribution in [3.05, 3.63) is 64.2 Å². The number of carbonyl (C=O) groups excluding carboxylic acids is 1. The average molecular weight is 381 g/mol. The molecule has 28 heavy (non-hydrogen) atoms. The maximum absolute atomic E-state index is 12.3. The van der Waals surface area contributed by atoms with Gasteiger partial charge in [0.25, 0.3) is 5.56 Å². The van der Waals surface area contributed by atoms with E-state index in [2.05, 4.69) is 15.3 Å². The highest BCUT2D eigenvalue weighted by molar-refractivity contribution is 5.78. The van der Waals surface area contributed by atoms with Crippen molar-refractivity contribution >= 4 is 16.8 Å². The van der Waals surface area contributed by atoms with Crippen molar-refractivity contribution in [1.29, 1.82) is 0 Å². The fourth-order valence-electron chi connectivity index (χ4n) is 3.00. The Labute approximate surface area is 162 Å². The predicted molar refractivity (Wildman–Crippen MR) is 107 cm³/mol. The van der Waals surface area contributed by atoms with Crippen LogP contribution in [-0.2, 0) is 11.2 Å². The van der Waals surface area contributed by atoms with Gasteiger partial charge in [0.05, 0.1) is 31.2 Å². The molecule has 3 aromatic rings.